The highest BCUT2D eigenvalue weighted by Crippen LogP contribution is 2.43. The lowest BCUT2D eigenvalue weighted by atomic mass is 9.70. The number of aryl methyl sites for hydroxylation is 1. The summed E-state index contributed by atoms with van der Waals surface area (Å²) in [7, 11) is 3.15. The van der Waals surface area contributed by atoms with Gasteiger partial charge in [-0.2, -0.15) is 13.2 Å². The molecule has 1 aliphatic rings. The zero-order chi connectivity index (χ0) is 27.0. The molecule has 4 rings (SSSR count). The third-order valence-corrected chi connectivity index (χ3v) is 6.68. The molecule has 0 spiro atoms. The van der Waals surface area contributed by atoms with Crippen LogP contribution in [0.25, 0.3) is 10.9 Å². The van der Waals surface area contributed by atoms with Crippen LogP contribution in [0, 0.1) is 24.0 Å². The average molecular weight is 526 g/mol. The van der Waals surface area contributed by atoms with Gasteiger partial charge in [0.25, 0.3) is 0 Å². The van der Waals surface area contributed by atoms with Crippen molar-refractivity contribution in [2.24, 2.45) is 5.41 Å². The SMILES string of the molecule is COCC1(COc2cc3c(N[C@H](C)c4cc(F)cc(C(F)(F)F)c4F)nc(C)nc3cc2OC)CCC1. The minimum absolute atomic E-state index is 0.0841. The molecule has 1 aliphatic carbocycles. The van der Waals surface area contributed by atoms with Gasteiger partial charge in [0.15, 0.2) is 11.5 Å². The van der Waals surface area contributed by atoms with E-state index in [-0.39, 0.29) is 17.3 Å². The van der Waals surface area contributed by atoms with Crippen LogP contribution in [-0.4, -0.2) is 37.4 Å². The summed E-state index contributed by atoms with van der Waals surface area (Å²) >= 11 is 0. The first-order chi connectivity index (χ1) is 17.5. The van der Waals surface area contributed by atoms with Crippen molar-refractivity contribution in [3.05, 3.63) is 52.9 Å². The minimum Gasteiger partial charge on any atom is -0.493 e. The molecule has 0 bridgehead atoms. The standard InChI is InChI=1S/C26H28F5N3O3/c1-14(17-8-16(27)9-19(23(17)28)26(29,30)31)32-24-18-10-22(37-13-25(12-35-3)6-5-7-25)21(36-4)11-20(18)33-15(2)34-24/h8-11,14H,5-7,12-13H2,1-4H3,(H,32,33,34)/t14-/m1/s1. The predicted octanol–water partition coefficient (Wildman–Crippen LogP) is 6.61. The number of benzene rings is 2. The van der Waals surface area contributed by atoms with E-state index < -0.39 is 35.0 Å². The summed E-state index contributed by atoms with van der Waals surface area (Å²) in [5.74, 6) is -1.27. The van der Waals surface area contributed by atoms with Crippen LogP contribution in [0.5, 0.6) is 11.5 Å². The smallest absolute Gasteiger partial charge is 0.419 e. The summed E-state index contributed by atoms with van der Waals surface area (Å²) in [4.78, 5) is 8.80. The fraction of sp³-hybridized carbons (Fsp3) is 0.462. The quantitative estimate of drug-likeness (QED) is 0.317. The van der Waals surface area contributed by atoms with E-state index in [4.69, 9.17) is 14.2 Å². The zero-order valence-electron chi connectivity index (χ0n) is 20.9. The first-order valence-corrected chi connectivity index (χ1v) is 11.8. The first-order valence-electron chi connectivity index (χ1n) is 11.8. The van der Waals surface area contributed by atoms with Gasteiger partial charge in [-0.15, -0.1) is 0 Å². The van der Waals surface area contributed by atoms with Crippen LogP contribution < -0.4 is 14.8 Å². The third-order valence-electron chi connectivity index (χ3n) is 6.68. The van der Waals surface area contributed by atoms with Gasteiger partial charge in [-0.1, -0.05) is 6.42 Å². The number of aromatic nitrogens is 2. The van der Waals surface area contributed by atoms with Crippen LogP contribution in [-0.2, 0) is 10.9 Å². The summed E-state index contributed by atoms with van der Waals surface area (Å²) < 4.78 is 85.5. The molecule has 1 heterocycles. The van der Waals surface area contributed by atoms with Gasteiger partial charge < -0.3 is 19.5 Å². The Hall–Kier alpha value is -3.21. The molecule has 1 aromatic heterocycles. The normalized spacial score (nSPS) is 15.8. The topological polar surface area (TPSA) is 65.5 Å². The van der Waals surface area contributed by atoms with E-state index in [2.05, 4.69) is 15.3 Å². The Bertz CT molecular complexity index is 1290. The summed E-state index contributed by atoms with van der Waals surface area (Å²) in [5.41, 5.74) is -1.74. The summed E-state index contributed by atoms with van der Waals surface area (Å²) in [6.45, 7) is 4.03. The molecule has 6 nitrogen and oxygen atoms in total. The second-order valence-electron chi connectivity index (χ2n) is 9.44. The fourth-order valence-corrected chi connectivity index (χ4v) is 4.59. The molecule has 0 radical (unpaired) electrons. The highest BCUT2D eigenvalue weighted by molar-refractivity contribution is 5.92. The van der Waals surface area contributed by atoms with Gasteiger partial charge in [0.2, 0.25) is 0 Å². The summed E-state index contributed by atoms with van der Waals surface area (Å²) in [6, 6.07) is 3.17. The number of ether oxygens (including phenoxy) is 3. The van der Waals surface area contributed by atoms with Crippen LogP contribution >= 0.6 is 0 Å². The Balaban J connectivity index is 1.70. The van der Waals surface area contributed by atoms with Gasteiger partial charge in [0.1, 0.15) is 23.3 Å². The van der Waals surface area contributed by atoms with Gasteiger partial charge in [0, 0.05) is 29.5 Å². The molecule has 200 valence electrons. The van der Waals surface area contributed by atoms with Gasteiger partial charge in [-0.25, -0.2) is 18.7 Å². The van der Waals surface area contributed by atoms with E-state index >= 15 is 0 Å². The number of nitrogens with zero attached hydrogens (tertiary/aromatic N) is 2. The average Bonchev–Trinajstić information content (AvgIpc) is 2.80. The van der Waals surface area contributed by atoms with Crippen molar-refractivity contribution in [2.45, 2.75) is 45.3 Å². The number of halogens is 5. The number of rotatable bonds is 9. The van der Waals surface area contributed by atoms with Gasteiger partial charge >= 0.3 is 6.18 Å². The number of methoxy groups -OCH3 is 2. The van der Waals surface area contributed by atoms with Crippen LogP contribution in [0.15, 0.2) is 24.3 Å². The van der Waals surface area contributed by atoms with E-state index in [0.29, 0.717) is 41.4 Å². The van der Waals surface area contributed by atoms with E-state index in [9.17, 15) is 22.0 Å². The molecule has 0 unspecified atom stereocenters. The van der Waals surface area contributed by atoms with Crippen molar-refractivity contribution in [2.75, 3.05) is 32.8 Å². The summed E-state index contributed by atoms with van der Waals surface area (Å²) in [6.07, 6.45) is -2.00. The lowest BCUT2D eigenvalue weighted by Crippen LogP contribution is -2.39. The van der Waals surface area contributed by atoms with E-state index in [1.165, 1.54) is 14.0 Å². The minimum atomic E-state index is -5.04. The van der Waals surface area contributed by atoms with Crippen molar-refractivity contribution in [1.29, 1.82) is 0 Å². The number of hydrogen-bond donors (Lipinski definition) is 1. The third kappa shape index (κ3) is 5.56. The number of anilines is 1. The molecule has 0 amide bonds. The zero-order valence-corrected chi connectivity index (χ0v) is 20.9. The van der Waals surface area contributed by atoms with Crippen LogP contribution in [0.1, 0.15) is 49.2 Å². The van der Waals surface area contributed by atoms with E-state index in [1.54, 1.807) is 26.2 Å². The highest BCUT2D eigenvalue weighted by Gasteiger charge is 2.38. The largest absolute Gasteiger partial charge is 0.493 e. The van der Waals surface area contributed by atoms with Crippen molar-refractivity contribution >= 4 is 16.7 Å². The number of hydrogen-bond acceptors (Lipinski definition) is 6. The molecular weight excluding hydrogens is 497 g/mol. The maximum Gasteiger partial charge on any atom is 0.419 e. The Kier molecular flexibility index (Phi) is 7.45. The maximum atomic E-state index is 14.8. The molecule has 2 aromatic carbocycles. The molecule has 1 fully saturated rings. The van der Waals surface area contributed by atoms with Gasteiger partial charge in [-0.05, 0) is 44.9 Å². The molecule has 1 atom stereocenters. The van der Waals surface area contributed by atoms with Crippen molar-refractivity contribution in [1.82, 2.24) is 9.97 Å². The molecule has 37 heavy (non-hydrogen) atoms. The highest BCUT2D eigenvalue weighted by atomic mass is 19.4. The number of nitrogens with one attached hydrogen (secondary N) is 1. The lowest BCUT2D eigenvalue weighted by Gasteiger charge is -2.40. The second-order valence-corrected chi connectivity index (χ2v) is 9.44. The lowest BCUT2D eigenvalue weighted by molar-refractivity contribution is -0.140. The Morgan fingerprint density at radius 2 is 1.76 bits per heavy atom. The molecule has 3 aromatic rings. The van der Waals surface area contributed by atoms with Crippen molar-refractivity contribution in [3.8, 4) is 11.5 Å². The maximum absolute atomic E-state index is 14.8. The van der Waals surface area contributed by atoms with Crippen LogP contribution in [0.4, 0.5) is 27.8 Å². The van der Waals surface area contributed by atoms with Crippen molar-refractivity contribution < 1.29 is 36.2 Å². The van der Waals surface area contributed by atoms with Gasteiger partial charge in [-0.3, -0.25) is 0 Å². The molecular formula is C26H28F5N3O3. The molecule has 11 heteroatoms. The fourth-order valence-electron chi connectivity index (χ4n) is 4.59. The predicted molar refractivity (Wildman–Crippen MR) is 128 cm³/mol. The molecule has 1 N–H and O–H groups in total. The van der Waals surface area contributed by atoms with E-state index in [1.807, 2.05) is 0 Å². The number of fused-ring (bicyclic) bond motifs is 1. The monoisotopic (exact) mass is 525 g/mol. The Morgan fingerprint density at radius 3 is 2.35 bits per heavy atom. The van der Waals surface area contributed by atoms with Crippen molar-refractivity contribution in [3.63, 3.8) is 0 Å². The molecule has 0 saturated heterocycles. The first kappa shape index (κ1) is 26.8. The van der Waals surface area contributed by atoms with Crippen LogP contribution in [0.2, 0.25) is 0 Å². The molecule has 1 saturated carbocycles. The second kappa shape index (κ2) is 10.3. The number of alkyl halides is 3. The van der Waals surface area contributed by atoms with Gasteiger partial charge in [0.05, 0.1) is 37.4 Å². The molecule has 0 aliphatic heterocycles. The van der Waals surface area contributed by atoms with E-state index in [0.717, 1.165) is 25.3 Å². The Morgan fingerprint density at radius 1 is 1.03 bits per heavy atom. The summed E-state index contributed by atoms with van der Waals surface area (Å²) in [5, 5.41) is 3.41. The Labute approximate surface area is 211 Å². The van der Waals surface area contributed by atoms with Crippen LogP contribution in [0.3, 0.4) is 0 Å².